The van der Waals surface area contributed by atoms with E-state index in [4.69, 9.17) is 9.84 Å². The molecular weight excluding hydrogens is 338 g/mol. The Labute approximate surface area is 158 Å². The predicted octanol–water partition coefficient (Wildman–Crippen LogP) is 5.06. The summed E-state index contributed by atoms with van der Waals surface area (Å²) in [6.45, 7) is 4.28. The van der Waals surface area contributed by atoms with Crippen molar-refractivity contribution >= 4 is 12.0 Å². The molecule has 1 aromatic carbocycles. The number of pyridine rings is 1. The quantitative estimate of drug-likeness (QED) is 0.599. The molecule has 4 nitrogen and oxygen atoms in total. The van der Waals surface area contributed by atoms with Crippen molar-refractivity contribution in [1.29, 1.82) is 0 Å². The summed E-state index contributed by atoms with van der Waals surface area (Å²) >= 11 is 0. The van der Waals surface area contributed by atoms with Gasteiger partial charge in [-0.15, -0.1) is 0 Å². The Morgan fingerprint density at radius 3 is 2.81 bits per heavy atom. The van der Waals surface area contributed by atoms with Crippen molar-refractivity contribution in [3.05, 3.63) is 89.2 Å². The van der Waals surface area contributed by atoms with Gasteiger partial charge in [0, 0.05) is 23.4 Å². The number of hydrogen-bond acceptors (Lipinski definition) is 3. The zero-order chi connectivity index (χ0) is 19.2. The lowest BCUT2D eigenvalue weighted by atomic mass is 9.99. The second-order valence-corrected chi connectivity index (χ2v) is 6.36. The number of aromatic nitrogens is 1. The summed E-state index contributed by atoms with van der Waals surface area (Å²) in [5.41, 5.74) is 5.85. The third-order valence-corrected chi connectivity index (χ3v) is 4.25. The molecule has 136 valence electrons. The molecular formula is C23H21NO3. The smallest absolute Gasteiger partial charge is 0.328 e. The van der Waals surface area contributed by atoms with E-state index in [1.54, 1.807) is 19.2 Å². The van der Waals surface area contributed by atoms with E-state index in [0.717, 1.165) is 33.7 Å². The van der Waals surface area contributed by atoms with Gasteiger partial charge in [0.2, 0.25) is 0 Å². The van der Waals surface area contributed by atoms with Crippen molar-refractivity contribution < 1.29 is 14.6 Å². The van der Waals surface area contributed by atoms with E-state index in [1.165, 1.54) is 6.08 Å². The predicted molar refractivity (Wildman–Crippen MR) is 107 cm³/mol. The molecule has 0 saturated carbocycles. The topological polar surface area (TPSA) is 59.4 Å². The second-order valence-electron chi connectivity index (χ2n) is 6.36. The minimum atomic E-state index is -0.943. The van der Waals surface area contributed by atoms with E-state index in [1.807, 2.05) is 49.4 Å². The number of ether oxygens (including phenoxy) is 1. The fraction of sp³-hybridized carbons (Fsp3) is 0.130. The van der Waals surface area contributed by atoms with Crippen LogP contribution in [0.25, 0.3) is 17.3 Å². The third kappa shape index (κ3) is 4.82. The molecule has 1 aliphatic rings. The summed E-state index contributed by atoms with van der Waals surface area (Å²) in [5.74, 6) is -0.0800. The lowest BCUT2D eigenvalue weighted by molar-refractivity contribution is -0.131. The largest absolute Gasteiger partial charge is 0.488 e. The van der Waals surface area contributed by atoms with Crippen LogP contribution in [0.2, 0.25) is 0 Å². The highest BCUT2D eigenvalue weighted by atomic mass is 16.5. The van der Waals surface area contributed by atoms with Crippen LogP contribution in [0.5, 0.6) is 5.75 Å². The van der Waals surface area contributed by atoms with Gasteiger partial charge in [-0.2, -0.15) is 0 Å². The van der Waals surface area contributed by atoms with Crippen molar-refractivity contribution in [2.45, 2.75) is 13.8 Å². The Bertz CT molecular complexity index is 966. The van der Waals surface area contributed by atoms with Crippen LogP contribution in [-0.2, 0) is 4.79 Å². The molecule has 1 aromatic heterocycles. The molecule has 0 amide bonds. The molecule has 0 atom stereocenters. The molecule has 0 saturated heterocycles. The fourth-order valence-electron chi connectivity index (χ4n) is 2.79. The number of carbonyl (C=O) groups is 1. The van der Waals surface area contributed by atoms with Crippen LogP contribution in [0, 0.1) is 0 Å². The van der Waals surface area contributed by atoms with Gasteiger partial charge in [-0.1, -0.05) is 24.3 Å². The van der Waals surface area contributed by atoms with Gasteiger partial charge in [0.25, 0.3) is 0 Å². The number of allylic oxidation sites excluding steroid dienone is 4. The van der Waals surface area contributed by atoms with Gasteiger partial charge in [0.15, 0.2) is 0 Å². The molecule has 3 rings (SSSR count). The van der Waals surface area contributed by atoms with E-state index in [0.29, 0.717) is 12.2 Å². The van der Waals surface area contributed by atoms with Crippen molar-refractivity contribution in [3.63, 3.8) is 0 Å². The second kappa shape index (κ2) is 8.32. The van der Waals surface area contributed by atoms with Crippen molar-refractivity contribution in [3.8, 4) is 17.0 Å². The Kier molecular flexibility index (Phi) is 5.67. The van der Waals surface area contributed by atoms with Crippen LogP contribution in [-0.4, -0.2) is 22.7 Å². The summed E-state index contributed by atoms with van der Waals surface area (Å²) < 4.78 is 5.89. The summed E-state index contributed by atoms with van der Waals surface area (Å²) in [5, 5.41) is 8.74. The van der Waals surface area contributed by atoms with Crippen LogP contribution in [0.1, 0.15) is 19.4 Å². The first kappa shape index (κ1) is 18.4. The molecule has 0 fully saturated rings. The SMILES string of the molecule is CC(/C=C/C=C(\C)C1=Cc2cc(-c3ccccn3)ccc2OC1)=C\C(=O)O. The third-order valence-electron chi connectivity index (χ3n) is 4.25. The van der Waals surface area contributed by atoms with Crippen LogP contribution < -0.4 is 4.74 Å². The minimum absolute atomic E-state index is 0.510. The van der Waals surface area contributed by atoms with Crippen LogP contribution >= 0.6 is 0 Å². The Morgan fingerprint density at radius 2 is 2.07 bits per heavy atom. The minimum Gasteiger partial charge on any atom is -0.488 e. The number of carboxylic acid groups (broad SMARTS) is 1. The summed E-state index contributed by atoms with van der Waals surface area (Å²) in [4.78, 5) is 15.0. The average Bonchev–Trinajstić information content (AvgIpc) is 2.67. The number of rotatable bonds is 5. The highest BCUT2D eigenvalue weighted by Gasteiger charge is 2.13. The summed E-state index contributed by atoms with van der Waals surface area (Å²) in [6, 6.07) is 11.9. The van der Waals surface area contributed by atoms with Gasteiger partial charge >= 0.3 is 5.97 Å². The maximum Gasteiger partial charge on any atom is 0.328 e. The van der Waals surface area contributed by atoms with Crippen molar-refractivity contribution in [2.75, 3.05) is 6.61 Å². The molecule has 1 N–H and O–H groups in total. The Balaban J connectivity index is 1.83. The van der Waals surface area contributed by atoms with E-state index >= 15 is 0 Å². The average molecular weight is 359 g/mol. The number of nitrogens with zero attached hydrogens (tertiary/aromatic N) is 1. The first-order valence-electron chi connectivity index (χ1n) is 8.68. The molecule has 27 heavy (non-hydrogen) atoms. The van der Waals surface area contributed by atoms with Gasteiger partial charge in [0.1, 0.15) is 12.4 Å². The summed E-state index contributed by atoms with van der Waals surface area (Å²) in [6.07, 6.45) is 10.7. The van der Waals surface area contributed by atoms with Crippen LogP contribution in [0.15, 0.2) is 83.6 Å². The van der Waals surface area contributed by atoms with E-state index < -0.39 is 5.97 Å². The maximum absolute atomic E-state index is 10.6. The van der Waals surface area contributed by atoms with E-state index in [2.05, 4.69) is 17.1 Å². The molecule has 0 unspecified atom stereocenters. The fourth-order valence-corrected chi connectivity index (χ4v) is 2.79. The Morgan fingerprint density at radius 1 is 1.22 bits per heavy atom. The highest BCUT2D eigenvalue weighted by Crippen LogP contribution is 2.32. The first-order valence-corrected chi connectivity index (χ1v) is 8.68. The van der Waals surface area contributed by atoms with Gasteiger partial charge in [-0.3, -0.25) is 4.98 Å². The number of carboxylic acids is 1. The molecule has 0 bridgehead atoms. The van der Waals surface area contributed by atoms with E-state index in [-0.39, 0.29) is 0 Å². The first-order chi connectivity index (χ1) is 13.0. The number of hydrogen-bond donors (Lipinski definition) is 1. The van der Waals surface area contributed by atoms with Gasteiger partial charge in [-0.25, -0.2) is 4.79 Å². The van der Waals surface area contributed by atoms with Crippen LogP contribution in [0.4, 0.5) is 0 Å². The lowest BCUT2D eigenvalue weighted by Crippen LogP contribution is -2.08. The zero-order valence-corrected chi connectivity index (χ0v) is 15.3. The van der Waals surface area contributed by atoms with Gasteiger partial charge in [0.05, 0.1) is 5.69 Å². The molecule has 1 aliphatic heterocycles. The molecule has 0 radical (unpaired) electrons. The molecule has 2 heterocycles. The number of aliphatic carboxylic acids is 1. The maximum atomic E-state index is 10.6. The van der Waals surface area contributed by atoms with Gasteiger partial charge in [-0.05, 0) is 67.0 Å². The monoisotopic (exact) mass is 359 g/mol. The van der Waals surface area contributed by atoms with Crippen molar-refractivity contribution in [1.82, 2.24) is 4.98 Å². The number of fused-ring (bicyclic) bond motifs is 1. The van der Waals surface area contributed by atoms with Crippen LogP contribution in [0.3, 0.4) is 0 Å². The van der Waals surface area contributed by atoms with E-state index in [9.17, 15) is 4.79 Å². The molecule has 4 heteroatoms. The molecule has 2 aromatic rings. The zero-order valence-electron chi connectivity index (χ0n) is 15.3. The molecule has 0 aliphatic carbocycles. The van der Waals surface area contributed by atoms with Gasteiger partial charge < -0.3 is 9.84 Å². The molecule has 0 spiro atoms. The standard InChI is InChI=1S/C23H21NO3/c1-16(12-23(25)26)6-5-7-17(2)20-14-19-13-18(9-10-22(19)27-15-20)21-8-3-4-11-24-21/h3-14H,15H2,1-2H3,(H,25,26)/b6-5+,16-12+,17-7+. The lowest BCUT2D eigenvalue weighted by Gasteiger charge is -2.19. The highest BCUT2D eigenvalue weighted by molar-refractivity contribution is 5.81. The van der Waals surface area contributed by atoms with Crippen molar-refractivity contribution in [2.24, 2.45) is 0 Å². The number of benzene rings is 1. The normalized spacial score (nSPS) is 14.5. The summed E-state index contributed by atoms with van der Waals surface area (Å²) in [7, 11) is 0. The Hall–Kier alpha value is -3.40.